The quantitative estimate of drug-likeness (QED) is 0.909. The van der Waals surface area contributed by atoms with Gasteiger partial charge in [-0.15, -0.1) is 0 Å². The predicted octanol–water partition coefficient (Wildman–Crippen LogP) is 1.50. The molecule has 0 bridgehead atoms. The highest BCUT2D eigenvalue weighted by Gasteiger charge is 2.21. The first-order valence-corrected chi connectivity index (χ1v) is 8.04. The maximum atomic E-state index is 12.3. The van der Waals surface area contributed by atoms with Crippen LogP contribution in [0.4, 0.5) is 0 Å². The molecule has 0 saturated heterocycles. The van der Waals surface area contributed by atoms with Gasteiger partial charge in [-0.1, -0.05) is 6.92 Å². The summed E-state index contributed by atoms with van der Waals surface area (Å²) in [6.07, 6.45) is 6.66. The Morgan fingerprint density at radius 2 is 2.23 bits per heavy atom. The lowest BCUT2D eigenvalue weighted by Crippen LogP contribution is -2.35. The van der Waals surface area contributed by atoms with Crippen molar-refractivity contribution in [3.63, 3.8) is 0 Å². The van der Waals surface area contributed by atoms with Crippen LogP contribution >= 0.6 is 0 Å². The van der Waals surface area contributed by atoms with E-state index in [0.29, 0.717) is 6.54 Å². The van der Waals surface area contributed by atoms with Gasteiger partial charge < -0.3 is 4.98 Å². The lowest BCUT2D eigenvalue weighted by Gasteiger charge is -2.27. The average molecular weight is 301 g/mol. The van der Waals surface area contributed by atoms with E-state index in [1.807, 2.05) is 10.9 Å². The standard InChI is InChI=1S/C16H23N5O/c1-3-5-15-18-14-6-7-20(11-13(14)16(22)19-15)9-12-8-17-21(4-2)10-12/h8,10H,3-7,9,11H2,1-2H3,(H,18,19,22). The molecule has 0 radical (unpaired) electrons. The Morgan fingerprint density at radius 3 is 2.95 bits per heavy atom. The minimum Gasteiger partial charge on any atom is -0.310 e. The Bertz CT molecular complexity index is 703. The van der Waals surface area contributed by atoms with Gasteiger partial charge in [0.05, 0.1) is 17.5 Å². The van der Waals surface area contributed by atoms with Crippen LogP contribution in [0.5, 0.6) is 0 Å². The Morgan fingerprint density at radius 1 is 1.36 bits per heavy atom. The summed E-state index contributed by atoms with van der Waals surface area (Å²) < 4.78 is 1.93. The normalized spacial score (nSPS) is 15.0. The van der Waals surface area contributed by atoms with Crippen molar-refractivity contribution in [1.29, 1.82) is 0 Å². The van der Waals surface area contributed by atoms with Crippen molar-refractivity contribution in [3.8, 4) is 0 Å². The monoisotopic (exact) mass is 301 g/mol. The van der Waals surface area contributed by atoms with Crippen LogP contribution in [0.15, 0.2) is 17.2 Å². The van der Waals surface area contributed by atoms with Crippen LogP contribution in [0.2, 0.25) is 0 Å². The summed E-state index contributed by atoms with van der Waals surface area (Å²) in [6.45, 7) is 7.49. The van der Waals surface area contributed by atoms with Crippen molar-refractivity contribution in [1.82, 2.24) is 24.6 Å². The number of nitrogens with zero attached hydrogens (tertiary/aromatic N) is 4. The Hall–Kier alpha value is -1.95. The van der Waals surface area contributed by atoms with Gasteiger partial charge in [-0.25, -0.2) is 4.98 Å². The zero-order valence-electron chi connectivity index (χ0n) is 13.3. The highest BCUT2D eigenvalue weighted by atomic mass is 16.1. The van der Waals surface area contributed by atoms with Gasteiger partial charge in [-0.3, -0.25) is 14.4 Å². The second-order valence-electron chi connectivity index (χ2n) is 5.85. The summed E-state index contributed by atoms with van der Waals surface area (Å²) >= 11 is 0. The van der Waals surface area contributed by atoms with E-state index in [1.54, 1.807) is 0 Å². The van der Waals surface area contributed by atoms with Crippen LogP contribution in [-0.4, -0.2) is 31.2 Å². The summed E-state index contributed by atoms with van der Waals surface area (Å²) in [5.41, 5.74) is 3.03. The lowest BCUT2D eigenvalue weighted by molar-refractivity contribution is 0.241. The van der Waals surface area contributed by atoms with E-state index < -0.39 is 0 Å². The molecule has 1 N–H and O–H groups in total. The number of rotatable bonds is 5. The number of nitrogens with one attached hydrogen (secondary N) is 1. The molecule has 2 aromatic heterocycles. The SMILES string of the molecule is CCCc1nc2c(c(=O)[nH]1)CN(Cc1cnn(CC)c1)CC2. The molecule has 3 heterocycles. The minimum absolute atomic E-state index is 0.0300. The summed E-state index contributed by atoms with van der Waals surface area (Å²) in [7, 11) is 0. The second-order valence-corrected chi connectivity index (χ2v) is 5.85. The molecule has 22 heavy (non-hydrogen) atoms. The lowest BCUT2D eigenvalue weighted by atomic mass is 10.1. The molecular weight excluding hydrogens is 278 g/mol. The fourth-order valence-corrected chi connectivity index (χ4v) is 2.94. The van der Waals surface area contributed by atoms with Crippen LogP contribution < -0.4 is 5.56 Å². The fourth-order valence-electron chi connectivity index (χ4n) is 2.94. The first-order chi connectivity index (χ1) is 10.7. The summed E-state index contributed by atoms with van der Waals surface area (Å²) in [5.74, 6) is 0.823. The Balaban J connectivity index is 1.74. The molecule has 0 fully saturated rings. The second kappa shape index (κ2) is 6.44. The van der Waals surface area contributed by atoms with Crippen LogP contribution in [0.25, 0.3) is 0 Å². The molecule has 1 aliphatic rings. The number of fused-ring (bicyclic) bond motifs is 1. The number of aryl methyl sites for hydroxylation is 2. The number of H-pyrrole nitrogens is 1. The molecule has 0 amide bonds. The van der Waals surface area contributed by atoms with Crippen LogP contribution in [-0.2, 0) is 32.5 Å². The van der Waals surface area contributed by atoms with E-state index in [9.17, 15) is 4.79 Å². The van der Waals surface area contributed by atoms with Crippen LogP contribution in [0.3, 0.4) is 0 Å². The smallest absolute Gasteiger partial charge is 0.255 e. The first kappa shape index (κ1) is 15.0. The molecule has 2 aromatic rings. The maximum Gasteiger partial charge on any atom is 0.255 e. The number of hydrogen-bond donors (Lipinski definition) is 1. The summed E-state index contributed by atoms with van der Waals surface area (Å²) in [4.78, 5) is 22.1. The van der Waals surface area contributed by atoms with Crippen LogP contribution in [0, 0.1) is 0 Å². The molecule has 0 saturated carbocycles. The van der Waals surface area contributed by atoms with E-state index in [4.69, 9.17) is 0 Å². The van der Waals surface area contributed by atoms with Gasteiger partial charge in [0, 0.05) is 50.8 Å². The average Bonchev–Trinajstić information content (AvgIpc) is 2.96. The number of hydrogen-bond acceptors (Lipinski definition) is 4. The van der Waals surface area contributed by atoms with Gasteiger partial charge >= 0.3 is 0 Å². The van der Waals surface area contributed by atoms with E-state index in [-0.39, 0.29) is 5.56 Å². The zero-order valence-corrected chi connectivity index (χ0v) is 13.3. The van der Waals surface area contributed by atoms with Gasteiger partial charge in [0.1, 0.15) is 5.82 Å². The highest BCUT2D eigenvalue weighted by Crippen LogP contribution is 2.16. The van der Waals surface area contributed by atoms with E-state index in [0.717, 1.165) is 56.0 Å². The van der Waals surface area contributed by atoms with Crippen LogP contribution in [0.1, 0.15) is 42.9 Å². The third-order valence-corrected chi connectivity index (χ3v) is 4.10. The minimum atomic E-state index is 0.0300. The van der Waals surface area contributed by atoms with Crippen molar-refractivity contribution in [2.45, 2.75) is 52.7 Å². The molecule has 0 aromatic carbocycles. The molecular formula is C16H23N5O. The van der Waals surface area contributed by atoms with Crippen molar-refractivity contribution in [3.05, 3.63) is 45.4 Å². The van der Waals surface area contributed by atoms with Crippen molar-refractivity contribution < 1.29 is 0 Å². The largest absolute Gasteiger partial charge is 0.310 e. The number of aromatic amines is 1. The van der Waals surface area contributed by atoms with Crippen molar-refractivity contribution in [2.75, 3.05) is 6.54 Å². The molecule has 0 unspecified atom stereocenters. The molecule has 6 heteroatoms. The topological polar surface area (TPSA) is 66.8 Å². The fraction of sp³-hybridized carbons (Fsp3) is 0.562. The van der Waals surface area contributed by atoms with Gasteiger partial charge in [0.15, 0.2) is 0 Å². The van der Waals surface area contributed by atoms with E-state index in [1.165, 1.54) is 5.56 Å². The van der Waals surface area contributed by atoms with E-state index in [2.05, 4.69) is 40.0 Å². The van der Waals surface area contributed by atoms with Crippen molar-refractivity contribution in [2.24, 2.45) is 0 Å². The molecule has 0 atom stereocenters. The predicted molar refractivity (Wildman–Crippen MR) is 84.6 cm³/mol. The van der Waals surface area contributed by atoms with Gasteiger partial charge in [-0.2, -0.15) is 5.10 Å². The zero-order chi connectivity index (χ0) is 15.5. The van der Waals surface area contributed by atoms with Gasteiger partial charge in [0.25, 0.3) is 5.56 Å². The molecule has 1 aliphatic heterocycles. The molecule has 0 aliphatic carbocycles. The van der Waals surface area contributed by atoms with E-state index >= 15 is 0 Å². The first-order valence-electron chi connectivity index (χ1n) is 8.04. The van der Waals surface area contributed by atoms with Crippen molar-refractivity contribution >= 4 is 0 Å². The Kier molecular flexibility index (Phi) is 4.38. The molecule has 6 nitrogen and oxygen atoms in total. The highest BCUT2D eigenvalue weighted by molar-refractivity contribution is 5.21. The summed E-state index contributed by atoms with van der Waals surface area (Å²) in [6, 6.07) is 0. The third-order valence-electron chi connectivity index (χ3n) is 4.10. The van der Waals surface area contributed by atoms with Gasteiger partial charge in [-0.05, 0) is 13.3 Å². The maximum absolute atomic E-state index is 12.3. The van der Waals surface area contributed by atoms with Gasteiger partial charge in [0.2, 0.25) is 0 Å². The number of aromatic nitrogens is 4. The molecule has 0 spiro atoms. The third kappa shape index (κ3) is 3.11. The molecule has 3 rings (SSSR count). The Labute approximate surface area is 130 Å². The molecule has 118 valence electrons. The summed E-state index contributed by atoms with van der Waals surface area (Å²) in [5, 5.41) is 4.30.